The quantitative estimate of drug-likeness (QED) is 0.818. The molecular weight excluding hydrogens is 255 g/mol. The van der Waals surface area contributed by atoms with Crippen LogP contribution in [-0.2, 0) is 0 Å². The maximum Gasteiger partial charge on any atom is 0.257 e. The highest BCUT2D eigenvalue weighted by molar-refractivity contribution is 6.30. The van der Waals surface area contributed by atoms with Gasteiger partial charge in [-0.15, -0.1) is 0 Å². The number of carbonyl (C=O) groups is 1. The summed E-state index contributed by atoms with van der Waals surface area (Å²) in [6.07, 6.45) is 0. The van der Waals surface area contributed by atoms with E-state index >= 15 is 0 Å². The van der Waals surface area contributed by atoms with Gasteiger partial charge >= 0.3 is 0 Å². The lowest BCUT2D eigenvalue weighted by Crippen LogP contribution is -2.14. The molecule has 0 radical (unpaired) electrons. The summed E-state index contributed by atoms with van der Waals surface area (Å²) in [6.45, 7) is 0. The third-order valence-electron chi connectivity index (χ3n) is 2.38. The zero-order chi connectivity index (χ0) is 13.1. The number of carbonyl (C=O) groups excluding carboxylic acids is 1. The van der Waals surface area contributed by atoms with Crippen molar-refractivity contribution >= 4 is 28.9 Å². The van der Waals surface area contributed by atoms with Gasteiger partial charge in [0.2, 0.25) is 0 Å². The Morgan fingerprint density at radius 3 is 2.61 bits per heavy atom. The molecule has 3 nitrogen and oxygen atoms in total. The molecule has 0 aliphatic rings. The second-order valence-electron chi connectivity index (χ2n) is 3.67. The lowest BCUT2D eigenvalue weighted by atomic mass is 10.1. The highest BCUT2D eigenvalue weighted by Crippen LogP contribution is 2.20. The summed E-state index contributed by atoms with van der Waals surface area (Å²) < 4.78 is 13.5. The van der Waals surface area contributed by atoms with Gasteiger partial charge in [-0.2, -0.15) is 0 Å². The first kappa shape index (κ1) is 12.4. The van der Waals surface area contributed by atoms with Crippen LogP contribution < -0.4 is 11.1 Å². The van der Waals surface area contributed by atoms with Crippen molar-refractivity contribution in [3.05, 3.63) is 58.9 Å². The van der Waals surface area contributed by atoms with E-state index in [4.69, 9.17) is 17.3 Å². The minimum atomic E-state index is -0.592. The molecule has 92 valence electrons. The van der Waals surface area contributed by atoms with Crippen LogP contribution in [0.4, 0.5) is 15.8 Å². The number of amides is 1. The fraction of sp³-hybridized carbons (Fsp3) is 0. The van der Waals surface area contributed by atoms with Crippen LogP contribution in [-0.4, -0.2) is 5.91 Å². The summed E-state index contributed by atoms with van der Waals surface area (Å²) >= 11 is 5.62. The highest BCUT2D eigenvalue weighted by Gasteiger charge is 2.11. The average Bonchev–Trinajstić information content (AvgIpc) is 2.33. The van der Waals surface area contributed by atoms with Crippen molar-refractivity contribution < 1.29 is 9.18 Å². The van der Waals surface area contributed by atoms with E-state index in [0.717, 1.165) is 6.07 Å². The summed E-state index contributed by atoms with van der Waals surface area (Å²) in [5.41, 5.74) is 6.36. The first-order chi connectivity index (χ1) is 8.58. The Hall–Kier alpha value is -2.07. The lowest BCUT2D eigenvalue weighted by Gasteiger charge is -2.08. The number of nitrogens with two attached hydrogens (primary N) is 1. The monoisotopic (exact) mass is 264 g/mol. The van der Waals surface area contributed by atoms with Crippen molar-refractivity contribution in [1.29, 1.82) is 0 Å². The van der Waals surface area contributed by atoms with Gasteiger partial charge in [-0.25, -0.2) is 4.39 Å². The molecule has 0 unspecified atom stereocenters. The molecule has 0 spiro atoms. The Labute approximate surface area is 108 Å². The van der Waals surface area contributed by atoms with Crippen molar-refractivity contribution in [2.75, 3.05) is 11.1 Å². The number of para-hydroxylation sites is 1. The average molecular weight is 265 g/mol. The zero-order valence-corrected chi connectivity index (χ0v) is 10.0. The van der Waals surface area contributed by atoms with Gasteiger partial charge in [-0.3, -0.25) is 4.79 Å². The molecule has 0 heterocycles. The Balaban J connectivity index is 2.24. The second kappa shape index (κ2) is 5.06. The van der Waals surface area contributed by atoms with Crippen LogP contribution in [0.25, 0.3) is 0 Å². The summed E-state index contributed by atoms with van der Waals surface area (Å²) in [6, 6.07) is 10.6. The van der Waals surface area contributed by atoms with Gasteiger partial charge in [0.05, 0.1) is 11.3 Å². The number of hydrogen-bond donors (Lipinski definition) is 2. The molecule has 2 aromatic rings. The van der Waals surface area contributed by atoms with E-state index in [1.807, 2.05) is 0 Å². The molecule has 3 N–H and O–H groups in total. The number of nitrogens with one attached hydrogen (secondary N) is 1. The van der Waals surface area contributed by atoms with Gasteiger partial charge in [-0.1, -0.05) is 23.7 Å². The summed E-state index contributed by atoms with van der Waals surface area (Å²) in [5, 5.41) is 2.71. The predicted octanol–water partition coefficient (Wildman–Crippen LogP) is 3.31. The molecule has 0 aliphatic heterocycles. The normalized spacial score (nSPS) is 10.1. The van der Waals surface area contributed by atoms with E-state index in [9.17, 15) is 9.18 Å². The lowest BCUT2D eigenvalue weighted by molar-refractivity contribution is 0.102. The third kappa shape index (κ3) is 2.60. The number of halogens is 2. The Morgan fingerprint density at radius 2 is 1.94 bits per heavy atom. The van der Waals surface area contributed by atoms with Gasteiger partial charge < -0.3 is 11.1 Å². The largest absolute Gasteiger partial charge is 0.398 e. The second-order valence-corrected chi connectivity index (χ2v) is 4.10. The molecular formula is C13H10ClFN2O. The summed E-state index contributed by atoms with van der Waals surface area (Å²) in [5.74, 6) is -1.06. The summed E-state index contributed by atoms with van der Waals surface area (Å²) in [4.78, 5) is 11.9. The van der Waals surface area contributed by atoms with Gasteiger partial charge in [0.15, 0.2) is 0 Å². The molecule has 0 bridgehead atoms. The molecule has 5 heteroatoms. The Morgan fingerprint density at radius 1 is 1.22 bits per heavy atom. The SMILES string of the molecule is Nc1ccccc1C(=O)Nc1ccc(Cl)cc1F. The minimum absolute atomic E-state index is 0.0626. The van der Waals surface area contributed by atoms with E-state index in [0.29, 0.717) is 11.3 Å². The van der Waals surface area contributed by atoms with Crippen LogP contribution in [0.3, 0.4) is 0 Å². The van der Waals surface area contributed by atoms with Crippen LogP contribution in [0.2, 0.25) is 5.02 Å². The van der Waals surface area contributed by atoms with Crippen LogP contribution in [0.1, 0.15) is 10.4 Å². The van der Waals surface area contributed by atoms with Gasteiger partial charge in [0.1, 0.15) is 5.82 Å². The summed E-state index contributed by atoms with van der Waals surface area (Å²) in [7, 11) is 0. The van der Waals surface area contributed by atoms with Crippen molar-refractivity contribution in [3.63, 3.8) is 0 Å². The van der Waals surface area contributed by atoms with Crippen LogP contribution in [0.5, 0.6) is 0 Å². The van der Waals surface area contributed by atoms with Crippen molar-refractivity contribution in [2.24, 2.45) is 0 Å². The number of rotatable bonds is 2. The van der Waals surface area contributed by atoms with Crippen LogP contribution in [0.15, 0.2) is 42.5 Å². The minimum Gasteiger partial charge on any atom is -0.398 e. The van der Waals surface area contributed by atoms with Crippen molar-refractivity contribution in [3.8, 4) is 0 Å². The first-order valence-corrected chi connectivity index (χ1v) is 5.56. The van der Waals surface area contributed by atoms with E-state index in [1.54, 1.807) is 24.3 Å². The van der Waals surface area contributed by atoms with Crippen molar-refractivity contribution in [2.45, 2.75) is 0 Å². The van der Waals surface area contributed by atoms with E-state index in [-0.39, 0.29) is 10.7 Å². The zero-order valence-electron chi connectivity index (χ0n) is 9.28. The molecule has 0 aromatic heterocycles. The fourth-order valence-electron chi connectivity index (χ4n) is 1.48. The molecule has 0 fully saturated rings. The highest BCUT2D eigenvalue weighted by atomic mass is 35.5. The Kier molecular flexibility index (Phi) is 3.48. The Bertz CT molecular complexity index is 601. The molecule has 1 amide bonds. The van der Waals surface area contributed by atoms with Gasteiger partial charge in [0, 0.05) is 10.7 Å². The topological polar surface area (TPSA) is 55.1 Å². The number of benzene rings is 2. The number of nitrogen functional groups attached to an aromatic ring is 1. The smallest absolute Gasteiger partial charge is 0.257 e. The van der Waals surface area contributed by atoms with E-state index in [1.165, 1.54) is 12.1 Å². The van der Waals surface area contributed by atoms with E-state index in [2.05, 4.69) is 5.32 Å². The first-order valence-electron chi connectivity index (χ1n) is 5.19. The number of anilines is 2. The third-order valence-corrected chi connectivity index (χ3v) is 2.62. The molecule has 0 saturated carbocycles. The fourth-order valence-corrected chi connectivity index (χ4v) is 1.64. The molecule has 18 heavy (non-hydrogen) atoms. The molecule has 2 rings (SSSR count). The van der Waals surface area contributed by atoms with Crippen LogP contribution >= 0.6 is 11.6 Å². The van der Waals surface area contributed by atoms with Gasteiger partial charge in [0.25, 0.3) is 5.91 Å². The maximum atomic E-state index is 13.5. The maximum absolute atomic E-state index is 13.5. The predicted molar refractivity (Wildman–Crippen MR) is 70.2 cm³/mol. The van der Waals surface area contributed by atoms with Crippen molar-refractivity contribution in [1.82, 2.24) is 0 Å². The van der Waals surface area contributed by atoms with Crippen LogP contribution in [0, 0.1) is 5.82 Å². The number of hydrogen-bond acceptors (Lipinski definition) is 2. The van der Waals surface area contributed by atoms with Gasteiger partial charge in [-0.05, 0) is 30.3 Å². The molecule has 0 aliphatic carbocycles. The standard InChI is InChI=1S/C13H10ClFN2O/c14-8-5-6-12(10(15)7-8)17-13(18)9-3-1-2-4-11(9)16/h1-7H,16H2,(H,17,18). The molecule has 2 aromatic carbocycles. The molecule has 0 atom stereocenters. The molecule has 0 saturated heterocycles. The van der Waals surface area contributed by atoms with E-state index < -0.39 is 11.7 Å².